The molecule has 4 rings (SSSR count). The van der Waals surface area contributed by atoms with Gasteiger partial charge in [0, 0.05) is 23.7 Å². The maximum atomic E-state index is 13.3. The second-order valence-corrected chi connectivity index (χ2v) is 9.60. The lowest BCUT2D eigenvalue weighted by Gasteiger charge is -2.36. The lowest BCUT2D eigenvalue weighted by molar-refractivity contribution is -0.130. The van der Waals surface area contributed by atoms with Crippen molar-refractivity contribution in [2.45, 2.75) is 39.5 Å². The van der Waals surface area contributed by atoms with Crippen molar-refractivity contribution in [3.63, 3.8) is 0 Å². The number of piperidine rings is 1. The highest BCUT2D eigenvalue weighted by Gasteiger charge is 2.28. The summed E-state index contributed by atoms with van der Waals surface area (Å²) in [6, 6.07) is 22.1. The summed E-state index contributed by atoms with van der Waals surface area (Å²) in [5, 5.41) is 3.92. The summed E-state index contributed by atoms with van der Waals surface area (Å²) in [6.07, 6.45) is 4.71. The number of nitrogens with zero attached hydrogens (tertiary/aromatic N) is 2. The maximum Gasteiger partial charge on any atom is 0.275 e. The molecule has 2 amide bonds. The molecule has 1 aliphatic rings. The number of rotatable bonds is 7. The van der Waals surface area contributed by atoms with Gasteiger partial charge in [-0.25, -0.2) is 10.0 Å². The van der Waals surface area contributed by atoms with E-state index in [9.17, 15) is 9.59 Å². The third kappa shape index (κ3) is 5.57. The van der Waals surface area contributed by atoms with Gasteiger partial charge in [0.25, 0.3) is 5.91 Å². The van der Waals surface area contributed by atoms with E-state index in [0.29, 0.717) is 31.0 Å². The number of hydrogen-bond acceptors (Lipinski definition) is 3. The Labute approximate surface area is 207 Å². The van der Waals surface area contributed by atoms with E-state index in [-0.39, 0.29) is 5.91 Å². The summed E-state index contributed by atoms with van der Waals surface area (Å²) >= 11 is 5.98. The molecule has 4 nitrogen and oxygen atoms in total. The first kappa shape index (κ1) is 24.2. The Morgan fingerprint density at radius 1 is 1.00 bits per heavy atom. The molecule has 1 fully saturated rings. The summed E-state index contributed by atoms with van der Waals surface area (Å²) in [7, 11) is 0. The van der Waals surface area contributed by atoms with E-state index >= 15 is 0 Å². The van der Waals surface area contributed by atoms with Crippen molar-refractivity contribution in [3.05, 3.63) is 94.0 Å². The fourth-order valence-electron chi connectivity index (χ4n) is 4.78. The predicted molar refractivity (Wildman–Crippen MR) is 138 cm³/mol. The maximum absolute atomic E-state index is 13.3. The van der Waals surface area contributed by atoms with E-state index in [1.807, 2.05) is 54.4 Å². The molecule has 3 aromatic rings. The monoisotopic (exact) mass is 474 g/mol. The highest BCUT2D eigenvalue weighted by molar-refractivity contribution is 6.30. The third-order valence-electron chi connectivity index (χ3n) is 6.87. The van der Waals surface area contributed by atoms with Crippen molar-refractivity contribution in [2.24, 2.45) is 5.92 Å². The van der Waals surface area contributed by atoms with Gasteiger partial charge in [-0.2, -0.15) is 0 Å². The van der Waals surface area contributed by atoms with Crippen LogP contribution in [0.2, 0.25) is 5.02 Å². The normalized spacial score (nSPS) is 14.7. The van der Waals surface area contributed by atoms with Crippen LogP contribution in [-0.2, 0) is 11.2 Å². The van der Waals surface area contributed by atoms with Crippen LogP contribution in [0.1, 0.15) is 46.3 Å². The van der Waals surface area contributed by atoms with Crippen LogP contribution in [0.5, 0.6) is 0 Å². The number of imide groups is 1. The Morgan fingerprint density at radius 3 is 2.35 bits per heavy atom. The molecule has 1 aliphatic heterocycles. The van der Waals surface area contributed by atoms with E-state index < -0.39 is 0 Å². The minimum atomic E-state index is -0.261. The zero-order valence-corrected chi connectivity index (χ0v) is 20.6. The quantitative estimate of drug-likeness (QED) is 0.368. The van der Waals surface area contributed by atoms with E-state index in [0.717, 1.165) is 47.4 Å². The van der Waals surface area contributed by atoms with Gasteiger partial charge in [-0.15, -0.1) is 0 Å². The van der Waals surface area contributed by atoms with Gasteiger partial charge in [0.05, 0.1) is 0 Å². The van der Waals surface area contributed by atoms with E-state index in [1.165, 1.54) is 16.1 Å². The molecule has 0 spiro atoms. The zero-order valence-electron chi connectivity index (χ0n) is 19.8. The molecule has 0 bridgehead atoms. The van der Waals surface area contributed by atoms with Gasteiger partial charge in [-0.3, -0.25) is 9.59 Å². The summed E-state index contributed by atoms with van der Waals surface area (Å²) in [5.74, 6) is 0.328. The number of halogens is 1. The molecule has 5 heteroatoms. The average Bonchev–Trinajstić information content (AvgIpc) is 2.85. The largest absolute Gasteiger partial charge is 0.277 e. The van der Waals surface area contributed by atoms with Crippen LogP contribution < -0.4 is 0 Å². The lowest BCUT2D eigenvalue weighted by atomic mass is 9.91. The summed E-state index contributed by atoms with van der Waals surface area (Å²) in [4.78, 5) is 25.2. The van der Waals surface area contributed by atoms with Crippen molar-refractivity contribution < 1.29 is 9.59 Å². The smallest absolute Gasteiger partial charge is 0.275 e. The van der Waals surface area contributed by atoms with Gasteiger partial charge in [0.2, 0.25) is 6.41 Å². The molecule has 1 saturated heterocycles. The first-order chi connectivity index (χ1) is 16.5. The molecule has 0 aromatic heterocycles. The first-order valence-corrected chi connectivity index (χ1v) is 12.3. The van der Waals surface area contributed by atoms with E-state index in [1.54, 1.807) is 0 Å². The van der Waals surface area contributed by atoms with E-state index in [4.69, 9.17) is 11.6 Å². The average molecular weight is 475 g/mol. The van der Waals surface area contributed by atoms with Gasteiger partial charge >= 0.3 is 0 Å². The van der Waals surface area contributed by atoms with Gasteiger partial charge in [0.1, 0.15) is 0 Å². The fraction of sp³-hybridized carbons (Fsp3) is 0.310. The van der Waals surface area contributed by atoms with Crippen LogP contribution in [0, 0.1) is 19.8 Å². The SMILES string of the molecule is Cc1cc(-c2ccccc2C)ccc1C(=O)N(C=O)N1CCC(CCc2ccc(Cl)cc2)CC1. The number of benzene rings is 3. The minimum Gasteiger partial charge on any atom is -0.277 e. The van der Waals surface area contributed by atoms with Crippen LogP contribution in [-0.4, -0.2) is 35.4 Å². The second kappa shape index (κ2) is 11.0. The molecule has 3 aromatic carbocycles. The summed E-state index contributed by atoms with van der Waals surface area (Å²) < 4.78 is 0. The number of amides is 2. The lowest BCUT2D eigenvalue weighted by Crippen LogP contribution is -2.49. The molecule has 0 radical (unpaired) electrons. The molecule has 0 unspecified atom stereocenters. The molecule has 1 heterocycles. The van der Waals surface area contributed by atoms with Crippen molar-refractivity contribution in [2.75, 3.05) is 13.1 Å². The Hall–Kier alpha value is -2.95. The summed E-state index contributed by atoms with van der Waals surface area (Å²) in [5.41, 5.74) is 6.14. The van der Waals surface area contributed by atoms with Gasteiger partial charge < -0.3 is 0 Å². The van der Waals surface area contributed by atoms with Gasteiger partial charge in [0.15, 0.2) is 0 Å². The third-order valence-corrected chi connectivity index (χ3v) is 7.12. The second-order valence-electron chi connectivity index (χ2n) is 9.16. The number of hydrazine groups is 1. The van der Waals surface area contributed by atoms with Gasteiger partial charge in [-0.05, 0) is 91.5 Å². The number of carbonyl (C=O) groups is 2. The van der Waals surface area contributed by atoms with Gasteiger partial charge in [-0.1, -0.05) is 60.1 Å². The van der Waals surface area contributed by atoms with Crippen molar-refractivity contribution in [1.29, 1.82) is 0 Å². The molecule has 0 atom stereocenters. The standard InChI is InChI=1S/C29H31ClN2O2/c1-21-5-3-4-6-27(21)25-11-14-28(22(2)19-25)29(34)32(20-33)31-17-15-24(16-18-31)8-7-23-9-12-26(30)13-10-23/h3-6,9-14,19-20,24H,7-8,15-18H2,1-2H3. The molecule has 0 aliphatic carbocycles. The van der Waals surface area contributed by atoms with E-state index in [2.05, 4.69) is 31.2 Å². The van der Waals surface area contributed by atoms with Crippen LogP contribution in [0.3, 0.4) is 0 Å². The Morgan fingerprint density at radius 2 is 1.71 bits per heavy atom. The molecule has 0 saturated carbocycles. The Kier molecular flexibility index (Phi) is 7.81. The number of carbonyl (C=O) groups excluding carboxylic acids is 2. The minimum absolute atomic E-state index is 0.261. The molecular weight excluding hydrogens is 444 g/mol. The number of aryl methyl sites for hydroxylation is 3. The number of hydrogen-bond donors (Lipinski definition) is 0. The fourth-order valence-corrected chi connectivity index (χ4v) is 4.91. The van der Waals surface area contributed by atoms with Crippen LogP contribution in [0.4, 0.5) is 0 Å². The molecular formula is C29H31ClN2O2. The molecule has 176 valence electrons. The van der Waals surface area contributed by atoms with Crippen LogP contribution >= 0.6 is 11.6 Å². The van der Waals surface area contributed by atoms with Crippen molar-refractivity contribution in [1.82, 2.24) is 10.0 Å². The summed E-state index contributed by atoms with van der Waals surface area (Å²) in [6.45, 7) is 5.42. The highest BCUT2D eigenvalue weighted by atomic mass is 35.5. The van der Waals surface area contributed by atoms with Crippen LogP contribution in [0.25, 0.3) is 11.1 Å². The molecule has 34 heavy (non-hydrogen) atoms. The van der Waals surface area contributed by atoms with Crippen LogP contribution in [0.15, 0.2) is 66.7 Å². The van der Waals surface area contributed by atoms with Crippen molar-refractivity contribution in [3.8, 4) is 11.1 Å². The highest BCUT2D eigenvalue weighted by Crippen LogP contribution is 2.27. The first-order valence-electron chi connectivity index (χ1n) is 11.9. The topological polar surface area (TPSA) is 40.6 Å². The Bertz CT molecular complexity index is 1150. The Balaban J connectivity index is 1.38. The zero-order chi connectivity index (χ0) is 24.1. The molecule has 0 N–H and O–H groups in total. The van der Waals surface area contributed by atoms with Crippen molar-refractivity contribution >= 4 is 23.9 Å². The predicted octanol–water partition coefficient (Wildman–Crippen LogP) is 6.48.